The number of rotatable bonds is 0. The van der Waals surface area contributed by atoms with Crippen molar-refractivity contribution in [2.45, 2.75) is 25.7 Å². The summed E-state index contributed by atoms with van der Waals surface area (Å²) in [6.07, 6.45) is 0.927. The molecule has 0 aromatic carbocycles. The molecule has 0 unspecified atom stereocenters. The summed E-state index contributed by atoms with van der Waals surface area (Å²) in [6, 6.07) is 0. The van der Waals surface area contributed by atoms with E-state index in [-0.39, 0.29) is 5.41 Å². The molecule has 1 aromatic rings. The van der Waals surface area contributed by atoms with Gasteiger partial charge in [-0.2, -0.15) is 0 Å². The maximum Gasteiger partial charge on any atom is 0.172 e. The molecule has 0 aliphatic carbocycles. The van der Waals surface area contributed by atoms with E-state index in [1.54, 1.807) is 0 Å². The van der Waals surface area contributed by atoms with Crippen molar-refractivity contribution in [3.8, 4) is 5.75 Å². The number of hydrogen-bond acceptors (Lipinski definition) is 2. The lowest BCUT2D eigenvalue weighted by atomic mass is 9.81. The molecule has 2 bridgehead atoms. The third kappa shape index (κ3) is 0.420. The Morgan fingerprint density at radius 2 is 2.25 bits per heavy atom. The Morgan fingerprint density at radius 1 is 1.50 bits per heavy atom. The highest BCUT2D eigenvalue weighted by atomic mass is 16.5. The van der Waals surface area contributed by atoms with Crippen LogP contribution in [0, 0.1) is 6.92 Å². The summed E-state index contributed by atoms with van der Waals surface area (Å²) in [4.78, 5) is 0. The minimum absolute atomic E-state index is 0.0514. The van der Waals surface area contributed by atoms with Crippen molar-refractivity contribution in [3.63, 3.8) is 0 Å². The molecule has 0 N–H and O–H groups in total. The van der Waals surface area contributed by atoms with Gasteiger partial charge in [-0.3, -0.25) is 0 Å². The molecule has 1 atom stereocenters. The van der Waals surface area contributed by atoms with Gasteiger partial charge >= 0.3 is 0 Å². The van der Waals surface area contributed by atoms with Gasteiger partial charge in [-0.1, -0.05) is 6.58 Å². The topological polar surface area (TPSA) is 22.4 Å². The Kier molecular flexibility index (Phi) is 0.776. The van der Waals surface area contributed by atoms with Crippen molar-refractivity contribution in [2.24, 2.45) is 0 Å². The normalized spacial score (nSPS) is 29.7. The van der Waals surface area contributed by atoms with Crippen LogP contribution in [0.4, 0.5) is 0 Å². The second-order valence-corrected chi connectivity index (χ2v) is 3.84. The summed E-state index contributed by atoms with van der Waals surface area (Å²) in [5.41, 5.74) is 1.10. The fourth-order valence-electron chi connectivity index (χ4n) is 2.06. The van der Waals surface area contributed by atoms with E-state index in [1.807, 2.05) is 6.92 Å². The van der Waals surface area contributed by atoms with Crippen LogP contribution in [0.5, 0.6) is 5.75 Å². The van der Waals surface area contributed by atoms with Gasteiger partial charge in [-0.05, 0) is 13.8 Å². The van der Waals surface area contributed by atoms with Gasteiger partial charge in [-0.25, -0.2) is 0 Å². The van der Waals surface area contributed by atoms with Crippen LogP contribution in [0.15, 0.2) is 16.8 Å². The molecule has 0 spiro atoms. The lowest BCUT2D eigenvalue weighted by molar-refractivity contribution is 0.389. The SMILES string of the molecule is C=C1Oc2c3oc(c2C)C[C@@]13C. The number of furan rings is 1. The fraction of sp³-hybridized carbons (Fsp3) is 0.400. The Hall–Kier alpha value is -1.18. The molecule has 0 saturated carbocycles. The first-order valence-corrected chi connectivity index (χ1v) is 4.13. The summed E-state index contributed by atoms with van der Waals surface area (Å²) in [7, 11) is 0. The molecule has 0 fully saturated rings. The average molecular weight is 162 g/mol. The van der Waals surface area contributed by atoms with E-state index in [0.717, 1.165) is 35.0 Å². The summed E-state index contributed by atoms with van der Waals surface area (Å²) >= 11 is 0. The minimum Gasteiger partial charge on any atom is -0.461 e. The van der Waals surface area contributed by atoms with Crippen LogP contribution in [0.2, 0.25) is 0 Å². The van der Waals surface area contributed by atoms with Crippen LogP contribution in [-0.4, -0.2) is 0 Å². The molecule has 0 saturated heterocycles. The van der Waals surface area contributed by atoms with Crippen LogP contribution in [0.3, 0.4) is 0 Å². The van der Waals surface area contributed by atoms with E-state index in [0.29, 0.717) is 0 Å². The summed E-state index contributed by atoms with van der Waals surface area (Å²) in [5, 5.41) is 0. The maximum atomic E-state index is 5.62. The van der Waals surface area contributed by atoms with Gasteiger partial charge in [0.15, 0.2) is 11.5 Å². The molecular weight excluding hydrogens is 152 g/mol. The van der Waals surface area contributed by atoms with Gasteiger partial charge in [-0.15, -0.1) is 0 Å². The Bertz CT molecular complexity index is 400. The Morgan fingerprint density at radius 3 is 2.83 bits per heavy atom. The second kappa shape index (κ2) is 1.47. The van der Waals surface area contributed by atoms with Gasteiger partial charge in [0.05, 0.1) is 5.41 Å². The summed E-state index contributed by atoms with van der Waals surface area (Å²) in [5.74, 6) is 3.81. The molecule has 2 aliphatic heterocycles. The molecular formula is C10H10O2. The van der Waals surface area contributed by atoms with E-state index in [2.05, 4.69) is 13.5 Å². The van der Waals surface area contributed by atoms with Crippen LogP contribution >= 0.6 is 0 Å². The smallest absolute Gasteiger partial charge is 0.172 e. The molecule has 3 heterocycles. The average Bonchev–Trinajstić information content (AvgIpc) is 2.53. The molecule has 0 radical (unpaired) electrons. The predicted molar refractivity (Wildman–Crippen MR) is 44.3 cm³/mol. The van der Waals surface area contributed by atoms with Gasteiger partial charge < -0.3 is 9.15 Å². The third-order valence-corrected chi connectivity index (χ3v) is 3.05. The molecule has 2 aliphatic rings. The lowest BCUT2D eigenvalue weighted by Crippen LogP contribution is -2.20. The number of fused-ring (bicyclic) bond motifs is 1. The van der Waals surface area contributed by atoms with Gasteiger partial charge in [0.25, 0.3) is 0 Å². The van der Waals surface area contributed by atoms with E-state index >= 15 is 0 Å². The van der Waals surface area contributed by atoms with Gasteiger partial charge in [0, 0.05) is 12.0 Å². The summed E-state index contributed by atoms with van der Waals surface area (Å²) < 4.78 is 11.2. The van der Waals surface area contributed by atoms with Crippen LogP contribution in [0.25, 0.3) is 0 Å². The van der Waals surface area contributed by atoms with E-state index < -0.39 is 0 Å². The second-order valence-electron chi connectivity index (χ2n) is 3.84. The van der Waals surface area contributed by atoms with Crippen molar-refractivity contribution >= 4 is 0 Å². The zero-order valence-electron chi connectivity index (χ0n) is 7.23. The van der Waals surface area contributed by atoms with Crippen molar-refractivity contribution < 1.29 is 9.15 Å². The van der Waals surface area contributed by atoms with Crippen LogP contribution < -0.4 is 4.74 Å². The van der Waals surface area contributed by atoms with Crippen LogP contribution in [-0.2, 0) is 11.8 Å². The first-order valence-electron chi connectivity index (χ1n) is 4.13. The maximum absolute atomic E-state index is 5.62. The fourth-order valence-corrected chi connectivity index (χ4v) is 2.06. The molecule has 12 heavy (non-hydrogen) atoms. The standard InChI is InChI=1S/C10H10O2/c1-5-7-4-10(3)6(2)11-8(5)9(10)12-7/h2,4H2,1,3H3/t10-/m0/s1. The molecule has 62 valence electrons. The largest absolute Gasteiger partial charge is 0.461 e. The number of hydrogen-bond donors (Lipinski definition) is 0. The summed E-state index contributed by atoms with van der Waals surface area (Å²) in [6.45, 7) is 8.07. The molecule has 1 aromatic heterocycles. The lowest BCUT2D eigenvalue weighted by Gasteiger charge is -2.14. The monoisotopic (exact) mass is 162 g/mol. The first-order chi connectivity index (χ1) is 5.63. The van der Waals surface area contributed by atoms with E-state index in [9.17, 15) is 0 Å². The molecule has 0 amide bonds. The van der Waals surface area contributed by atoms with E-state index in [1.165, 1.54) is 0 Å². The number of allylic oxidation sites excluding steroid dienone is 1. The van der Waals surface area contributed by atoms with E-state index in [4.69, 9.17) is 9.15 Å². The zero-order valence-corrected chi connectivity index (χ0v) is 7.23. The quantitative estimate of drug-likeness (QED) is 0.584. The Labute approximate surface area is 70.8 Å². The predicted octanol–water partition coefficient (Wildman–Crippen LogP) is 2.31. The Balaban J connectivity index is 2.39. The zero-order chi connectivity index (χ0) is 8.51. The highest BCUT2D eigenvalue weighted by Crippen LogP contribution is 2.56. The van der Waals surface area contributed by atoms with Crippen molar-refractivity contribution in [3.05, 3.63) is 29.4 Å². The third-order valence-electron chi connectivity index (χ3n) is 3.05. The van der Waals surface area contributed by atoms with Gasteiger partial charge in [0.1, 0.15) is 11.5 Å². The number of ether oxygens (including phenoxy) is 1. The van der Waals surface area contributed by atoms with Crippen molar-refractivity contribution in [1.82, 2.24) is 0 Å². The van der Waals surface area contributed by atoms with Crippen LogP contribution in [0.1, 0.15) is 24.0 Å². The van der Waals surface area contributed by atoms with Gasteiger partial charge in [0.2, 0.25) is 0 Å². The highest BCUT2D eigenvalue weighted by molar-refractivity contribution is 5.56. The van der Waals surface area contributed by atoms with Crippen molar-refractivity contribution in [2.75, 3.05) is 0 Å². The molecule has 3 rings (SSSR count). The first kappa shape index (κ1) is 6.35. The highest BCUT2D eigenvalue weighted by Gasteiger charge is 2.51. The minimum atomic E-state index is -0.0514. The molecule has 2 nitrogen and oxygen atoms in total. The molecule has 2 heteroatoms. The van der Waals surface area contributed by atoms with Crippen molar-refractivity contribution in [1.29, 1.82) is 0 Å².